The van der Waals surface area contributed by atoms with Crippen LogP contribution in [0, 0.1) is 3.57 Å². The summed E-state index contributed by atoms with van der Waals surface area (Å²) in [6.07, 6.45) is 0.416. The lowest BCUT2D eigenvalue weighted by Crippen LogP contribution is -2.45. The van der Waals surface area contributed by atoms with Gasteiger partial charge in [0.1, 0.15) is 19.0 Å². The number of halogens is 2. The number of aliphatic hydroxyl groups is 1. The van der Waals surface area contributed by atoms with Crippen molar-refractivity contribution in [2.24, 2.45) is 5.10 Å². The van der Waals surface area contributed by atoms with Gasteiger partial charge < -0.3 is 34.7 Å². The molecule has 0 saturated heterocycles. The van der Waals surface area contributed by atoms with Crippen molar-refractivity contribution in [2.75, 3.05) is 20.3 Å². The molecule has 0 spiro atoms. The quantitative estimate of drug-likeness (QED) is 0.0615. The van der Waals surface area contributed by atoms with Crippen LogP contribution in [0.4, 0.5) is 4.79 Å². The number of hydrogen-bond donors (Lipinski definition) is 4. The summed E-state index contributed by atoms with van der Waals surface area (Å²) in [5.74, 6) is 0.833. The number of hydrogen-bond acceptors (Lipinski definition) is 9. The first kappa shape index (κ1) is 33.1. The monoisotopic (exact) mass is 778 g/mol. The summed E-state index contributed by atoms with van der Waals surface area (Å²) < 4.78 is 24.4. The molecule has 4 N–H and O–H groups in total. The molecule has 3 aromatic rings. The van der Waals surface area contributed by atoms with Crippen molar-refractivity contribution < 1.29 is 33.6 Å². The van der Waals surface area contributed by atoms with Crippen LogP contribution in [0.2, 0.25) is 0 Å². The lowest BCUT2D eigenvalue weighted by atomic mass is 9.95. The van der Waals surface area contributed by atoms with Gasteiger partial charge in [-0.2, -0.15) is 5.10 Å². The van der Waals surface area contributed by atoms with Crippen molar-refractivity contribution in [1.82, 2.24) is 16.1 Å². The van der Waals surface area contributed by atoms with Gasteiger partial charge in [-0.3, -0.25) is 5.43 Å². The summed E-state index contributed by atoms with van der Waals surface area (Å²) in [5.41, 5.74) is 5.68. The van der Waals surface area contributed by atoms with Gasteiger partial charge in [0.15, 0.2) is 17.7 Å². The third-order valence-electron chi connectivity index (χ3n) is 6.36. The van der Waals surface area contributed by atoms with Gasteiger partial charge in [-0.25, -0.2) is 9.59 Å². The van der Waals surface area contributed by atoms with Gasteiger partial charge in [0, 0.05) is 15.7 Å². The first-order valence-corrected chi connectivity index (χ1v) is 15.5. The topological polar surface area (TPSA) is 140 Å². The first-order valence-electron chi connectivity index (χ1n) is 13.6. The Morgan fingerprint density at radius 3 is 2.64 bits per heavy atom. The molecule has 0 fully saturated rings. The Kier molecular flexibility index (Phi) is 11.9. The maximum atomic E-state index is 12.5. The number of amides is 2. The molecule has 232 valence electrons. The summed E-state index contributed by atoms with van der Waals surface area (Å²) >= 11 is 5.72. The van der Waals surface area contributed by atoms with E-state index in [1.807, 2.05) is 49.4 Å². The maximum absolute atomic E-state index is 12.5. The minimum absolute atomic E-state index is 0.152. The van der Waals surface area contributed by atoms with Gasteiger partial charge >= 0.3 is 12.0 Å². The van der Waals surface area contributed by atoms with E-state index in [-0.39, 0.29) is 12.2 Å². The number of urea groups is 1. The zero-order valence-corrected chi connectivity index (χ0v) is 28.0. The number of carbonyl (C=O) groups is 2. The highest BCUT2D eigenvalue weighted by Crippen LogP contribution is 2.35. The highest BCUT2D eigenvalue weighted by Gasteiger charge is 2.32. The van der Waals surface area contributed by atoms with Crippen LogP contribution in [0.25, 0.3) is 0 Å². The van der Waals surface area contributed by atoms with Crippen molar-refractivity contribution in [2.45, 2.75) is 32.7 Å². The second-order valence-electron chi connectivity index (χ2n) is 9.50. The average Bonchev–Trinajstić information content (AvgIpc) is 3.00. The van der Waals surface area contributed by atoms with Crippen LogP contribution in [-0.4, -0.2) is 49.9 Å². The molecule has 0 aliphatic carbocycles. The molecule has 13 heteroatoms. The lowest BCUT2D eigenvalue weighted by Gasteiger charge is -2.28. The summed E-state index contributed by atoms with van der Waals surface area (Å²) in [4.78, 5) is 24.6. The predicted molar refractivity (Wildman–Crippen MR) is 177 cm³/mol. The van der Waals surface area contributed by atoms with Crippen molar-refractivity contribution in [3.63, 3.8) is 0 Å². The fraction of sp³-hybridized carbons (Fsp3) is 0.258. The average molecular weight is 779 g/mol. The minimum atomic E-state index is -1.15. The van der Waals surface area contributed by atoms with Crippen molar-refractivity contribution >= 4 is 56.7 Å². The third-order valence-corrected chi connectivity index (χ3v) is 7.62. The van der Waals surface area contributed by atoms with Crippen LogP contribution < -0.4 is 30.3 Å². The molecule has 0 saturated carbocycles. The molecule has 3 aromatic carbocycles. The number of rotatable bonds is 13. The van der Waals surface area contributed by atoms with Crippen molar-refractivity contribution in [1.29, 1.82) is 0 Å². The van der Waals surface area contributed by atoms with Gasteiger partial charge in [0.25, 0.3) is 0 Å². The van der Waals surface area contributed by atoms with Crippen LogP contribution in [0.15, 0.2) is 81.5 Å². The Morgan fingerprint density at radius 1 is 1.14 bits per heavy atom. The first-order chi connectivity index (χ1) is 21.2. The zero-order chi connectivity index (χ0) is 31.6. The van der Waals surface area contributed by atoms with E-state index in [9.17, 15) is 14.7 Å². The standard InChI is InChI=1S/C31H32BrIN4O7/c1-4-42-25-13-20(28-27(30(39)41-3)18(2)35-31(40)36-28)10-11-24(25)43-17-26(38)37-34-15-21-12-22(32)14-23(33)29(21)44-16-19-8-6-5-7-9-19/h5-15,26,28,37-38H,4,16-17H2,1-3H3,(H2,35,36,40)/b34-15+/t26-,28-/m1/s1. The number of ether oxygens (including phenoxy) is 4. The fourth-order valence-corrected chi connectivity index (χ4v) is 6.08. The smallest absolute Gasteiger partial charge is 0.337 e. The van der Waals surface area contributed by atoms with E-state index in [2.05, 4.69) is 59.7 Å². The van der Waals surface area contributed by atoms with Crippen LogP contribution in [-0.2, 0) is 16.1 Å². The Balaban J connectivity index is 1.42. The summed E-state index contributed by atoms with van der Waals surface area (Å²) in [6, 6.07) is 17.5. The molecule has 44 heavy (non-hydrogen) atoms. The Bertz CT molecular complexity index is 1550. The lowest BCUT2D eigenvalue weighted by molar-refractivity contribution is -0.136. The molecule has 0 aromatic heterocycles. The van der Waals surface area contributed by atoms with Crippen LogP contribution in [0.3, 0.4) is 0 Å². The van der Waals surface area contributed by atoms with E-state index < -0.39 is 24.3 Å². The highest BCUT2D eigenvalue weighted by atomic mass is 127. The number of carbonyl (C=O) groups excluding carboxylic acids is 2. The summed E-state index contributed by atoms with van der Waals surface area (Å²) in [6.45, 7) is 4.03. The van der Waals surface area contributed by atoms with Crippen LogP contribution in [0.1, 0.15) is 36.6 Å². The van der Waals surface area contributed by atoms with E-state index in [1.54, 1.807) is 31.3 Å². The molecule has 0 unspecified atom stereocenters. The third kappa shape index (κ3) is 8.64. The molecule has 2 atom stereocenters. The number of nitrogens with one attached hydrogen (secondary N) is 3. The number of aliphatic hydroxyl groups excluding tert-OH is 1. The van der Waals surface area contributed by atoms with E-state index in [4.69, 9.17) is 18.9 Å². The molecule has 0 radical (unpaired) electrons. The number of hydrazone groups is 1. The molecule has 0 bridgehead atoms. The van der Waals surface area contributed by atoms with Gasteiger partial charge in [-0.05, 0) is 71.8 Å². The predicted octanol–water partition coefficient (Wildman–Crippen LogP) is 5.15. The Hall–Kier alpha value is -3.82. The second-order valence-corrected chi connectivity index (χ2v) is 11.6. The molecular weight excluding hydrogens is 747 g/mol. The van der Waals surface area contributed by atoms with Gasteiger partial charge in [-0.15, -0.1) is 0 Å². The Morgan fingerprint density at radius 2 is 1.91 bits per heavy atom. The van der Waals surface area contributed by atoms with Gasteiger partial charge in [0.2, 0.25) is 0 Å². The fourth-order valence-electron chi connectivity index (χ4n) is 4.37. The van der Waals surface area contributed by atoms with E-state index in [1.165, 1.54) is 7.11 Å². The number of benzene rings is 3. The Labute approximate surface area is 277 Å². The SMILES string of the molecule is CCOc1cc([C@H]2NC(=O)NC(C)=C2C(=O)OC)ccc1OC[C@@H](O)N/N=C/c1cc(Br)cc(I)c1OCc1ccccc1. The maximum Gasteiger partial charge on any atom is 0.337 e. The summed E-state index contributed by atoms with van der Waals surface area (Å²) in [7, 11) is 1.28. The molecule has 1 aliphatic heterocycles. The molecule has 1 heterocycles. The van der Waals surface area contributed by atoms with Gasteiger partial charge in [-0.1, -0.05) is 52.3 Å². The molecule has 1 aliphatic rings. The molecule has 4 rings (SSSR count). The second kappa shape index (κ2) is 15.8. The van der Waals surface area contributed by atoms with Crippen molar-refractivity contribution in [3.8, 4) is 17.2 Å². The van der Waals surface area contributed by atoms with E-state index >= 15 is 0 Å². The molecule has 2 amide bonds. The highest BCUT2D eigenvalue weighted by molar-refractivity contribution is 14.1. The van der Waals surface area contributed by atoms with Crippen LogP contribution in [0.5, 0.6) is 17.2 Å². The molecule has 11 nitrogen and oxygen atoms in total. The zero-order valence-electron chi connectivity index (χ0n) is 24.2. The number of methoxy groups -OCH3 is 1. The van der Waals surface area contributed by atoms with Gasteiger partial charge in [0.05, 0.1) is 35.1 Å². The minimum Gasteiger partial charge on any atom is -0.490 e. The van der Waals surface area contributed by atoms with E-state index in [0.717, 1.165) is 19.2 Å². The largest absolute Gasteiger partial charge is 0.490 e. The number of nitrogens with zero attached hydrogens (tertiary/aromatic N) is 1. The molecular formula is C31H32BrIN4O7. The van der Waals surface area contributed by atoms with E-state index in [0.29, 0.717) is 41.7 Å². The normalized spacial score (nSPS) is 15.3. The summed E-state index contributed by atoms with van der Waals surface area (Å²) in [5, 5.41) is 20.1. The van der Waals surface area contributed by atoms with Crippen LogP contribution >= 0.6 is 38.5 Å². The number of esters is 1. The van der Waals surface area contributed by atoms with Crippen molar-refractivity contribution in [3.05, 3.63) is 96.7 Å². The number of allylic oxidation sites excluding steroid dienone is 1.